The number of rotatable bonds is 2. The van der Waals surface area contributed by atoms with E-state index < -0.39 is 5.91 Å². The van der Waals surface area contributed by atoms with E-state index in [1.807, 2.05) is 6.92 Å². The van der Waals surface area contributed by atoms with Crippen molar-refractivity contribution < 1.29 is 4.79 Å². The summed E-state index contributed by atoms with van der Waals surface area (Å²) in [5.41, 5.74) is 7.12. The summed E-state index contributed by atoms with van der Waals surface area (Å²) < 4.78 is 0. The van der Waals surface area contributed by atoms with Crippen molar-refractivity contribution in [3.05, 3.63) is 36.2 Å². The van der Waals surface area contributed by atoms with Gasteiger partial charge in [-0.1, -0.05) is 6.58 Å². The van der Waals surface area contributed by atoms with Crippen molar-refractivity contribution in [1.29, 1.82) is 0 Å². The first-order valence-corrected chi connectivity index (χ1v) is 3.52. The Morgan fingerprint density at radius 2 is 2.25 bits per heavy atom. The highest BCUT2D eigenvalue weighted by Gasteiger charge is 2.06. The molecule has 0 aliphatic carbocycles. The number of hydrogen-bond donors (Lipinski definition) is 1. The molecule has 1 amide bonds. The zero-order valence-corrected chi connectivity index (χ0v) is 6.87. The highest BCUT2D eigenvalue weighted by Crippen LogP contribution is 2.14. The minimum atomic E-state index is -0.449. The molecule has 0 fully saturated rings. The molecule has 1 rings (SSSR count). The highest BCUT2D eigenvalue weighted by molar-refractivity contribution is 5.97. The van der Waals surface area contributed by atoms with E-state index in [-0.39, 0.29) is 0 Å². The first-order valence-electron chi connectivity index (χ1n) is 3.52. The van der Waals surface area contributed by atoms with Crippen molar-refractivity contribution in [3.63, 3.8) is 0 Å². The van der Waals surface area contributed by atoms with Crippen molar-refractivity contribution in [2.75, 3.05) is 0 Å². The molecule has 0 aliphatic rings. The Bertz CT molecular complexity index is 298. The predicted octanol–water partition coefficient (Wildman–Crippen LogP) is 1.21. The molecule has 12 heavy (non-hydrogen) atoms. The summed E-state index contributed by atoms with van der Waals surface area (Å²) in [4.78, 5) is 14.8. The second-order valence-electron chi connectivity index (χ2n) is 2.57. The Hall–Kier alpha value is -1.64. The molecule has 0 saturated heterocycles. The number of allylic oxidation sites excluding steroid dienone is 1. The summed E-state index contributed by atoms with van der Waals surface area (Å²) in [5, 5.41) is 0. The molecule has 0 aliphatic heterocycles. The molecule has 2 N–H and O–H groups in total. The van der Waals surface area contributed by atoms with E-state index in [0.717, 1.165) is 5.57 Å². The summed E-state index contributed by atoms with van der Waals surface area (Å²) in [5.74, 6) is -0.449. The molecule has 1 heterocycles. The van der Waals surface area contributed by atoms with Gasteiger partial charge in [0.15, 0.2) is 0 Å². The number of pyridine rings is 1. The van der Waals surface area contributed by atoms with Crippen molar-refractivity contribution in [1.82, 2.24) is 4.98 Å². The van der Waals surface area contributed by atoms with Crippen molar-refractivity contribution in [2.45, 2.75) is 6.92 Å². The number of primary amides is 1. The van der Waals surface area contributed by atoms with Crippen LogP contribution in [0.3, 0.4) is 0 Å². The minimum absolute atomic E-state index is 0.449. The Kier molecular flexibility index (Phi) is 2.24. The van der Waals surface area contributed by atoms with Crippen LogP contribution in [0.4, 0.5) is 0 Å². The quantitative estimate of drug-likeness (QED) is 0.710. The third-order valence-corrected chi connectivity index (χ3v) is 1.55. The maximum absolute atomic E-state index is 10.9. The number of aromatic nitrogens is 1. The number of hydrogen-bond acceptors (Lipinski definition) is 2. The van der Waals surface area contributed by atoms with Gasteiger partial charge >= 0.3 is 0 Å². The van der Waals surface area contributed by atoms with E-state index in [9.17, 15) is 4.79 Å². The maximum Gasteiger partial charge on any atom is 0.249 e. The van der Waals surface area contributed by atoms with Crippen LogP contribution in [0.15, 0.2) is 25.0 Å². The highest BCUT2D eigenvalue weighted by atomic mass is 16.1. The molecule has 0 radical (unpaired) electrons. The topological polar surface area (TPSA) is 56.0 Å². The molecule has 0 unspecified atom stereocenters. The summed E-state index contributed by atoms with van der Waals surface area (Å²) in [6.07, 6.45) is 3.12. The molecular formula is C9H10N2O. The zero-order chi connectivity index (χ0) is 9.14. The maximum atomic E-state index is 10.9. The monoisotopic (exact) mass is 162 g/mol. The Balaban J connectivity index is 3.27. The fourth-order valence-electron chi connectivity index (χ4n) is 0.949. The van der Waals surface area contributed by atoms with Crippen molar-refractivity contribution in [3.8, 4) is 0 Å². The van der Waals surface area contributed by atoms with Gasteiger partial charge < -0.3 is 5.73 Å². The Morgan fingerprint density at radius 3 is 2.67 bits per heavy atom. The number of nitrogens with two attached hydrogens (primary N) is 1. The number of amides is 1. The summed E-state index contributed by atoms with van der Waals surface area (Å²) in [7, 11) is 0. The lowest BCUT2D eigenvalue weighted by Crippen LogP contribution is -2.13. The second kappa shape index (κ2) is 3.17. The van der Waals surface area contributed by atoms with Gasteiger partial charge in [0.25, 0.3) is 0 Å². The molecule has 0 spiro atoms. The smallest absolute Gasteiger partial charge is 0.249 e. The van der Waals surface area contributed by atoms with Gasteiger partial charge in [-0.15, -0.1) is 0 Å². The standard InChI is InChI=1S/C9H10N2O/c1-6(2)8-5-11-4-3-7(8)9(10)12/h3-5H,1H2,2H3,(H2,10,12). The summed E-state index contributed by atoms with van der Waals surface area (Å²) >= 11 is 0. The number of nitrogens with zero attached hydrogens (tertiary/aromatic N) is 1. The van der Waals surface area contributed by atoms with Gasteiger partial charge in [0.05, 0.1) is 0 Å². The SMILES string of the molecule is C=C(C)c1cnccc1C(N)=O. The number of carbonyl (C=O) groups excluding carboxylic acids is 1. The molecule has 3 heteroatoms. The first-order chi connectivity index (χ1) is 5.63. The van der Waals surface area contributed by atoms with E-state index in [4.69, 9.17) is 5.73 Å². The molecule has 1 aromatic rings. The average molecular weight is 162 g/mol. The predicted molar refractivity (Wildman–Crippen MR) is 47.5 cm³/mol. The van der Waals surface area contributed by atoms with Crippen LogP contribution >= 0.6 is 0 Å². The van der Waals surface area contributed by atoms with Crippen LogP contribution in [-0.4, -0.2) is 10.9 Å². The fraction of sp³-hybridized carbons (Fsp3) is 0.111. The third-order valence-electron chi connectivity index (χ3n) is 1.55. The Labute approximate surface area is 70.9 Å². The lowest BCUT2D eigenvalue weighted by Gasteiger charge is -2.03. The molecule has 3 nitrogen and oxygen atoms in total. The van der Waals surface area contributed by atoms with Gasteiger partial charge in [0, 0.05) is 23.5 Å². The largest absolute Gasteiger partial charge is 0.366 e. The van der Waals surface area contributed by atoms with Gasteiger partial charge in [0.2, 0.25) is 5.91 Å². The van der Waals surface area contributed by atoms with Crippen LogP contribution in [0.2, 0.25) is 0 Å². The molecule has 62 valence electrons. The van der Waals surface area contributed by atoms with Gasteiger partial charge in [-0.2, -0.15) is 0 Å². The van der Waals surface area contributed by atoms with E-state index in [1.54, 1.807) is 12.3 Å². The first kappa shape index (κ1) is 8.46. The van der Waals surface area contributed by atoms with Crippen LogP contribution < -0.4 is 5.73 Å². The van der Waals surface area contributed by atoms with Crippen molar-refractivity contribution >= 4 is 11.5 Å². The molecular weight excluding hydrogens is 152 g/mol. The summed E-state index contributed by atoms with van der Waals surface area (Å²) in [6, 6.07) is 1.59. The van der Waals surface area contributed by atoms with Crippen molar-refractivity contribution in [2.24, 2.45) is 5.73 Å². The minimum Gasteiger partial charge on any atom is -0.366 e. The van der Waals surface area contributed by atoms with Crippen LogP contribution in [0.1, 0.15) is 22.8 Å². The molecule has 0 atom stereocenters. The van der Waals surface area contributed by atoms with E-state index in [0.29, 0.717) is 11.1 Å². The van der Waals surface area contributed by atoms with E-state index >= 15 is 0 Å². The van der Waals surface area contributed by atoms with Crippen LogP contribution in [-0.2, 0) is 0 Å². The lowest BCUT2D eigenvalue weighted by molar-refractivity contribution is 0.1000. The van der Waals surface area contributed by atoms with Gasteiger partial charge in [-0.3, -0.25) is 9.78 Å². The zero-order valence-electron chi connectivity index (χ0n) is 6.87. The van der Waals surface area contributed by atoms with Gasteiger partial charge in [-0.25, -0.2) is 0 Å². The molecule has 0 bridgehead atoms. The number of carbonyl (C=O) groups is 1. The second-order valence-corrected chi connectivity index (χ2v) is 2.57. The van der Waals surface area contributed by atoms with Gasteiger partial charge in [0.1, 0.15) is 0 Å². The Morgan fingerprint density at radius 1 is 1.58 bits per heavy atom. The van der Waals surface area contributed by atoms with E-state index in [1.165, 1.54) is 6.20 Å². The normalized spacial score (nSPS) is 9.42. The lowest BCUT2D eigenvalue weighted by atomic mass is 10.1. The average Bonchev–Trinajstić information content (AvgIpc) is 2.04. The van der Waals surface area contributed by atoms with Crippen LogP contribution in [0.5, 0.6) is 0 Å². The molecule has 0 aromatic carbocycles. The van der Waals surface area contributed by atoms with E-state index in [2.05, 4.69) is 11.6 Å². The van der Waals surface area contributed by atoms with Crippen LogP contribution in [0, 0.1) is 0 Å². The van der Waals surface area contributed by atoms with Gasteiger partial charge in [-0.05, 0) is 18.6 Å². The summed E-state index contributed by atoms with van der Waals surface area (Å²) in [6.45, 7) is 5.53. The third kappa shape index (κ3) is 1.50. The molecule has 0 saturated carbocycles. The molecule has 1 aromatic heterocycles. The fourth-order valence-corrected chi connectivity index (χ4v) is 0.949. The van der Waals surface area contributed by atoms with Crippen LogP contribution in [0.25, 0.3) is 5.57 Å².